The fourth-order valence-corrected chi connectivity index (χ4v) is 1.90. The van der Waals surface area contributed by atoms with Crippen LogP contribution >= 0.6 is 0 Å². The van der Waals surface area contributed by atoms with Gasteiger partial charge in [0, 0.05) is 25.8 Å². The number of nitrogens with one attached hydrogen (secondary N) is 1. The largest absolute Gasteiger partial charge is 0.493 e. The standard InChI is InChI=1S/C18H27NO4/c1-5-22-12-6-11-19-18(20)10-8-15-7-9-16(23-14(2)3)17(13-15)21-4/h7-10,13-14H,5-6,11-12H2,1-4H3,(H,19,20)/b10-8+. The fourth-order valence-electron chi connectivity index (χ4n) is 1.90. The van der Waals surface area contributed by atoms with Gasteiger partial charge in [0.15, 0.2) is 11.5 Å². The first-order chi connectivity index (χ1) is 11.1. The van der Waals surface area contributed by atoms with Crippen LogP contribution in [-0.4, -0.2) is 38.9 Å². The number of hydrogen-bond donors (Lipinski definition) is 1. The van der Waals surface area contributed by atoms with Crippen molar-refractivity contribution in [3.63, 3.8) is 0 Å². The zero-order chi connectivity index (χ0) is 17.1. The first-order valence-electron chi connectivity index (χ1n) is 7.95. The third kappa shape index (κ3) is 7.70. The Balaban J connectivity index is 2.54. The average Bonchev–Trinajstić information content (AvgIpc) is 2.53. The van der Waals surface area contributed by atoms with Crippen molar-refractivity contribution in [3.05, 3.63) is 29.8 Å². The van der Waals surface area contributed by atoms with Gasteiger partial charge in [-0.05, 0) is 51.0 Å². The molecule has 0 heterocycles. The Morgan fingerprint density at radius 1 is 1.30 bits per heavy atom. The molecule has 1 aromatic rings. The van der Waals surface area contributed by atoms with Crippen LogP contribution in [0.4, 0.5) is 0 Å². The molecule has 5 heteroatoms. The van der Waals surface area contributed by atoms with Crippen LogP contribution in [0.2, 0.25) is 0 Å². The summed E-state index contributed by atoms with van der Waals surface area (Å²) in [5.41, 5.74) is 0.877. The van der Waals surface area contributed by atoms with Crippen LogP contribution in [0.5, 0.6) is 11.5 Å². The third-order valence-electron chi connectivity index (χ3n) is 2.95. The smallest absolute Gasteiger partial charge is 0.244 e. The van der Waals surface area contributed by atoms with Crippen molar-refractivity contribution in [2.75, 3.05) is 26.9 Å². The summed E-state index contributed by atoms with van der Waals surface area (Å²) in [6, 6.07) is 5.58. The van der Waals surface area contributed by atoms with E-state index in [4.69, 9.17) is 14.2 Å². The molecular weight excluding hydrogens is 294 g/mol. The van der Waals surface area contributed by atoms with Crippen molar-refractivity contribution in [1.82, 2.24) is 5.32 Å². The molecule has 1 N–H and O–H groups in total. The normalized spacial score (nSPS) is 11.0. The van der Waals surface area contributed by atoms with Gasteiger partial charge in [-0.25, -0.2) is 0 Å². The summed E-state index contributed by atoms with van der Waals surface area (Å²) in [7, 11) is 1.60. The summed E-state index contributed by atoms with van der Waals surface area (Å²) in [6.45, 7) is 7.84. The number of hydrogen-bond acceptors (Lipinski definition) is 4. The van der Waals surface area contributed by atoms with E-state index in [1.807, 2.05) is 39.0 Å². The second-order valence-corrected chi connectivity index (χ2v) is 5.25. The van der Waals surface area contributed by atoms with E-state index in [9.17, 15) is 4.79 Å². The molecule has 0 fully saturated rings. The highest BCUT2D eigenvalue weighted by Crippen LogP contribution is 2.29. The number of methoxy groups -OCH3 is 1. The first kappa shape index (κ1) is 19.0. The van der Waals surface area contributed by atoms with Crippen LogP contribution in [0, 0.1) is 0 Å². The molecule has 0 aliphatic rings. The second kappa shape index (κ2) is 10.7. The van der Waals surface area contributed by atoms with Gasteiger partial charge in [0.25, 0.3) is 0 Å². The van der Waals surface area contributed by atoms with E-state index < -0.39 is 0 Å². The zero-order valence-electron chi connectivity index (χ0n) is 14.4. The van der Waals surface area contributed by atoms with Gasteiger partial charge in [0.1, 0.15) is 0 Å². The molecule has 23 heavy (non-hydrogen) atoms. The molecule has 0 aromatic heterocycles. The molecule has 0 saturated heterocycles. The van der Waals surface area contributed by atoms with Crippen LogP contribution in [0.1, 0.15) is 32.8 Å². The van der Waals surface area contributed by atoms with Crippen molar-refractivity contribution in [2.24, 2.45) is 0 Å². The molecule has 1 amide bonds. The Morgan fingerprint density at radius 2 is 2.09 bits per heavy atom. The van der Waals surface area contributed by atoms with Gasteiger partial charge in [-0.15, -0.1) is 0 Å². The van der Waals surface area contributed by atoms with Crippen LogP contribution in [0.15, 0.2) is 24.3 Å². The Morgan fingerprint density at radius 3 is 2.74 bits per heavy atom. The number of rotatable bonds is 10. The van der Waals surface area contributed by atoms with Gasteiger partial charge in [-0.1, -0.05) is 6.07 Å². The maximum absolute atomic E-state index is 11.7. The maximum atomic E-state index is 11.7. The highest BCUT2D eigenvalue weighted by Gasteiger charge is 2.06. The molecule has 0 radical (unpaired) electrons. The van der Waals surface area contributed by atoms with E-state index in [1.54, 1.807) is 13.2 Å². The minimum absolute atomic E-state index is 0.0766. The highest BCUT2D eigenvalue weighted by atomic mass is 16.5. The number of carbonyl (C=O) groups excluding carboxylic acids is 1. The summed E-state index contributed by atoms with van der Waals surface area (Å²) >= 11 is 0. The molecular formula is C18H27NO4. The molecule has 0 atom stereocenters. The number of ether oxygens (including phenoxy) is 3. The lowest BCUT2D eigenvalue weighted by Crippen LogP contribution is -2.23. The highest BCUT2D eigenvalue weighted by molar-refractivity contribution is 5.91. The number of carbonyl (C=O) groups is 1. The lowest BCUT2D eigenvalue weighted by atomic mass is 10.2. The Kier molecular flexibility index (Phi) is 8.83. The zero-order valence-corrected chi connectivity index (χ0v) is 14.4. The van der Waals surface area contributed by atoms with E-state index in [2.05, 4.69) is 5.32 Å². The third-order valence-corrected chi connectivity index (χ3v) is 2.95. The average molecular weight is 321 g/mol. The Labute approximate surface area is 138 Å². The topological polar surface area (TPSA) is 56.8 Å². The van der Waals surface area contributed by atoms with Crippen LogP contribution < -0.4 is 14.8 Å². The molecule has 1 rings (SSSR count). The van der Waals surface area contributed by atoms with Crippen molar-refractivity contribution in [2.45, 2.75) is 33.3 Å². The van der Waals surface area contributed by atoms with Gasteiger partial charge in [-0.2, -0.15) is 0 Å². The summed E-state index contributed by atoms with van der Waals surface area (Å²) in [5, 5.41) is 2.82. The molecule has 0 spiro atoms. The lowest BCUT2D eigenvalue weighted by molar-refractivity contribution is -0.116. The molecule has 0 bridgehead atoms. The molecule has 128 valence electrons. The first-order valence-corrected chi connectivity index (χ1v) is 7.95. The van der Waals surface area contributed by atoms with E-state index in [0.29, 0.717) is 31.3 Å². The van der Waals surface area contributed by atoms with Gasteiger partial charge in [0.2, 0.25) is 5.91 Å². The van der Waals surface area contributed by atoms with E-state index in [0.717, 1.165) is 12.0 Å². The van der Waals surface area contributed by atoms with E-state index in [1.165, 1.54) is 6.08 Å². The number of amides is 1. The van der Waals surface area contributed by atoms with Gasteiger partial charge in [0.05, 0.1) is 13.2 Å². The second-order valence-electron chi connectivity index (χ2n) is 5.25. The summed E-state index contributed by atoms with van der Waals surface area (Å²) in [6.07, 6.45) is 4.15. The Hall–Kier alpha value is -2.01. The minimum Gasteiger partial charge on any atom is -0.493 e. The monoisotopic (exact) mass is 321 g/mol. The fraction of sp³-hybridized carbons (Fsp3) is 0.500. The van der Waals surface area contributed by atoms with Crippen molar-refractivity contribution < 1.29 is 19.0 Å². The van der Waals surface area contributed by atoms with Gasteiger partial charge in [-0.3, -0.25) is 4.79 Å². The van der Waals surface area contributed by atoms with E-state index >= 15 is 0 Å². The molecule has 0 aliphatic heterocycles. The molecule has 0 aliphatic carbocycles. The maximum Gasteiger partial charge on any atom is 0.244 e. The lowest BCUT2D eigenvalue weighted by Gasteiger charge is -2.13. The van der Waals surface area contributed by atoms with Crippen LogP contribution in [-0.2, 0) is 9.53 Å². The molecule has 5 nitrogen and oxygen atoms in total. The van der Waals surface area contributed by atoms with E-state index in [-0.39, 0.29) is 12.0 Å². The molecule has 0 saturated carbocycles. The van der Waals surface area contributed by atoms with Crippen molar-refractivity contribution >= 4 is 12.0 Å². The quantitative estimate of drug-likeness (QED) is 0.531. The predicted molar refractivity (Wildman–Crippen MR) is 91.9 cm³/mol. The van der Waals surface area contributed by atoms with Crippen LogP contribution in [0.3, 0.4) is 0 Å². The minimum atomic E-state index is -0.122. The summed E-state index contributed by atoms with van der Waals surface area (Å²) < 4.78 is 16.2. The SMILES string of the molecule is CCOCCCNC(=O)/C=C/c1ccc(OC(C)C)c(OC)c1. The van der Waals surface area contributed by atoms with Gasteiger partial charge >= 0.3 is 0 Å². The number of benzene rings is 1. The predicted octanol–water partition coefficient (Wildman–Crippen LogP) is 3.04. The molecule has 1 aromatic carbocycles. The summed E-state index contributed by atoms with van der Waals surface area (Å²) in [5.74, 6) is 1.22. The van der Waals surface area contributed by atoms with Crippen LogP contribution in [0.25, 0.3) is 6.08 Å². The molecule has 0 unspecified atom stereocenters. The van der Waals surface area contributed by atoms with Gasteiger partial charge < -0.3 is 19.5 Å². The van der Waals surface area contributed by atoms with Crippen molar-refractivity contribution in [3.8, 4) is 11.5 Å². The summed E-state index contributed by atoms with van der Waals surface area (Å²) in [4.78, 5) is 11.7. The Bertz CT molecular complexity index is 512. The van der Waals surface area contributed by atoms with Crippen molar-refractivity contribution in [1.29, 1.82) is 0 Å².